The number of hydrogen-bond acceptors (Lipinski definition) is 2. The van der Waals surface area contributed by atoms with Crippen molar-refractivity contribution < 1.29 is 9.59 Å². The zero-order valence-electron chi connectivity index (χ0n) is 14.1. The highest BCUT2D eigenvalue weighted by Gasteiger charge is 2.15. The van der Waals surface area contributed by atoms with Gasteiger partial charge >= 0.3 is 0 Å². The summed E-state index contributed by atoms with van der Waals surface area (Å²) in [5.41, 5.74) is 3.61. The van der Waals surface area contributed by atoms with Crippen molar-refractivity contribution in [2.24, 2.45) is 0 Å². The van der Waals surface area contributed by atoms with E-state index in [1.54, 1.807) is 18.2 Å². The van der Waals surface area contributed by atoms with Gasteiger partial charge in [0.05, 0.1) is 0 Å². The zero-order chi connectivity index (χ0) is 17.7. The second-order valence-corrected chi connectivity index (χ2v) is 6.23. The maximum atomic E-state index is 12.3. The number of nitrogens with one attached hydrogen (secondary N) is 1. The van der Waals surface area contributed by atoms with Gasteiger partial charge in [0.25, 0.3) is 0 Å². The average Bonchev–Trinajstić information content (AvgIpc) is 2.53. The molecule has 0 radical (unpaired) electrons. The maximum absolute atomic E-state index is 12.3. The van der Waals surface area contributed by atoms with Gasteiger partial charge in [-0.05, 0) is 37.1 Å². The van der Waals surface area contributed by atoms with Crippen molar-refractivity contribution in [3.8, 4) is 0 Å². The van der Waals surface area contributed by atoms with Gasteiger partial charge in [0.2, 0.25) is 11.8 Å². The number of carbonyl (C=O) groups is 2. The number of halogens is 1. The van der Waals surface area contributed by atoms with Gasteiger partial charge in [-0.3, -0.25) is 9.59 Å². The Kier molecular flexibility index (Phi) is 5.99. The molecule has 0 atom stereocenters. The minimum absolute atomic E-state index is 0.00480. The lowest BCUT2D eigenvalue weighted by atomic mass is 10.1. The molecule has 24 heavy (non-hydrogen) atoms. The largest absolute Gasteiger partial charge is 0.329 e. The molecular formula is C19H21ClN2O2. The van der Waals surface area contributed by atoms with E-state index >= 15 is 0 Å². The fraction of sp³-hybridized carbons (Fsp3) is 0.263. The van der Waals surface area contributed by atoms with Gasteiger partial charge in [-0.2, -0.15) is 0 Å². The normalized spacial score (nSPS) is 10.3. The first-order chi connectivity index (χ1) is 11.4. The summed E-state index contributed by atoms with van der Waals surface area (Å²) in [7, 11) is 0. The first-order valence-corrected chi connectivity index (χ1v) is 8.10. The maximum Gasteiger partial charge on any atom is 0.244 e. The molecule has 0 bridgehead atoms. The second-order valence-electron chi connectivity index (χ2n) is 5.82. The van der Waals surface area contributed by atoms with Crippen LogP contribution in [-0.2, 0) is 16.1 Å². The van der Waals surface area contributed by atoms with E-state index in [1.165, 1.54) is 11.8 Å². The first kappa shape index (κ1) is 18.0. The van der Waals surface area contributed by atoms with E-state index in [2.05, 4.69) is 5.32 Å². The highest BCUT2D eigenvalue weighted by Crippen LogP contribution is 2.22. The van der Waals surface area contributed by atoms with Gasteiger partial charge in [0.15, 0.2) is 0 Å². The summed E-state index contributed by atoms with van der Waals surface area (Å²) in [5, 5.41) is 3.41. The second kappa shape index (κ2) is 7.97. The number of hydrogen-bond donors (Lipinski definition) is 1. The van der Waals surface area contributed by atoms with Crippen molar-refractivity contribution >= 4 is 29.1 Å². The minimum atomic E-state index is -0.248. The van der Waals surface area contributed by atoms with Crippen molar-refractivity contribution in [1.82, 2.24) is 4.90 Å². The lowest BCUT2D eigenvalue weighted by Crippen LogP contribution is -2.36. The molecule has 1 N–H and O–H groups in total. The zero-order valence-corrected chi connectivity index (χ0v) is 14.9. The first-order valence-electron chi connectivity index (χ1n) is 7.73. The van der Waals surface area contributed by atoms with Crippen LogP contribution in [0.2, 0.25) is 5.02 Å². The molecule has 0 aliphatic heterocycles. The Hall–Kier alpha value is -2.33. The Labute approximate surface area is 147 Å². The number of anilines is 1. The van der Waals surface area contributed by atoms with E-state index in [9.17, 15) is 9.59 Å². The summed E-state index contributed by atoms with van der Waals surface area (Å²) in [6.07, 6.45) is 0. The van der Waals surface area contributed by atoms with Gasteiger partial charge in [-0.1, -0.05) is 47.5 Å². The van der Waals surface area contributed by atoms with E-state index < -0.39 is 0 Å². The SMILES string of the molecule is CC(=O)N(CC(=O)Nc1cccc(Cl)c1C)Cc1ccc(C)cc1. The van der Waals surface area contributed by atoms with Gasteiger partial charge in [-0.15, -0.1) is 0 Å². The molecule has 5 heteroatoms. The van der Waals surface area contributed by atoms with E-state index in [1.807, 2.05) is 38.1 Å². The molecule has 0 unspecified atom stereocenters. The van der Waals surface area contributed by atoms with E-state index in [0.29, 0.717) is 17.3 Å². The molecule has 2 aromatic rings. The average molecular weight is 345 g/mol. The third kappa shape index (κ3) is 4.83. The molecule has 0 spiro atoms. The molecule has 2 aromatic carbocycles. The number of rotatable bonds is 5. The third-order valence-corrected chi connectivity index (χ3v) is 4.23. The number of carbonyl (C=O) groups excluding carboxylic acids is 2. The van der Waals surface area contributed by atoms with Crippen LogP contribution in [0.1, 0.15) is 23.6 Å². The number of benzene rings is 2. The predicted octanol–water partition coefficient (Wildman–Crippen LogP) is 3.94. The van der Waals surface area contributed by atoms with E-state index in [0.717, 1.165) is 16.7 Å². The van der Waals surface area contributed by atoms with Crippen molar-refractivity contribution in [2.45, 2.75) is 27.3 Å². The summed E-state index contributed by atoms with van der Waals surface area (Å²) in [6.45, 7) is 5.71. The lowest BCUT2D eigenvalue weighted by Gasteiger charge is -2.21. The molecule has 0 saturated carbocycles. The number of aryl methyl sites for hydroxylation is 1. The van der Waals surface area contributed by atoms with Gasteiger partial charge in [-0.25, -0.2) is 0 Å². The van der Waals surface area contributed by atoms with Crippen LogP contribution in [0.5, 0.6) is 0 Å². The van der Waals surface area contributed by atoms with E-state index in [4.69, 9.17) is 11.6 Å². The standard InChI is InChI=1S/C19H21ClN2O2/c1-13-7-9-16(10-8-13)11-22(15(3)23)12-19(24)21-18-6-4-5-17(20)14(18)2/h4-10H,11-12H2,1-3H3,(H,21,24). The molecule has 0 fully saturated rings. The van der Waals surface area contributed by atoms with Gasteiger partial charge in [0, 0.05) is 24.2 Å². The summed E-state index contributed by atoms with van der Waals surface area (Å²) < 4.78 is 0. The third-order valence-electron chi connectivity index (χ3n) is 3.82. The highest BCUT2D eigenvalue weighted by atomic mass is 35.5. The van der Waals surface area contributed by atoms with Crippen LogP contribution in [0.15, 0.2) is 42.5 Å². The van der Waals surface area contributed by atoms with Crippen molar-refractivity contribution in [3.05, 3.63) is 64.2 Å². The Morgan fingerprint density at radius 1 is 1.08 bits per heavy atom. The monoisotopic (exact) mass is 344 g/mol. The molecule has 0 aliphatic carbocycles. The van der Waals surface area contributed by atoms with Crippen LogP contribution in [0.4, 0.5) is 5.69 Å². The molecule has 0 heterocycles. The molecule has 0 aliphatic rings. The number of nitrogens with zero attached hydrogens (tertiary/aromatic N) is 1. The Balaban J connectivity index is 2.04. The molecule has 2 rings (SSSR count). The van der Waals surface area contributed by atoms with Crippen LogP contribution in [-0.4, -0.2) is 23.3 Å². The van der Waals surface area contributed by atoms with Crippen LogP contribution in [0, 0.1) is 13.8 Å². The Morgan fingerprint density at radius 2 is 1.75 bits per heavy atom. The van der Waals surface area contributed by atoms with Crippen LogP contribution in [0.3, 0.4) is 0 Å². The highest BCUT2D eigenvalue weighted by molar-refractivity contribution is 6.31. The molecule has 0 saturated heterocycles. The molecule has 126 valence electrons. The fourth-order valence-corrected chi connectivity index (χ4v) is 2.47. The summed E-state index contributed by atoms with van der Waals surface area (Å²) in [4.78, 5) is 25.6. The summed E-state index contributed by atoms with van der Waals surface area (Å²) >= 11 is 6.06. The van der Waals surface area contributed by atoms with Crippen molar-refractivity contribution in [3.63, 3.8) is 0 Å². The molecule has 0 aromatic heterocycles. The van der Waals surface area contributed by atoms with Crippen LogP contribution >= 0.6 is 11.6 Å². The molecular weight excluding hydrogens is 324 g/mol. The summed E-state index contributed by atoms with van der Waals surface area (Å²) in [6, 6.07) is 13.2. The fourth-order valence-electron chi connectivity index (χ4n) is 2.30. The Morgan fingerprint density at radius 3 is 2.38 bits per heavy atom. The van der Waals surface area contributed by atoms with Crippen molar-refractivity contribution in [1.29, 1.82) is 0 Å². The summed E-state index contributed by atoms with van der Waals surface area (Å²) in [5.74, 6) is -0.392. The quantitative estimate of drug-likeness (QED) is 0.893. The lowest BCUT2D eigenvalue weighted by molar-refractivity contribution is -0.133. The van der Waals surface area contributed by atoms with Gasteiger partial charge < -0.3 is 10.2 Å². The number of amides is 2. The smallest absolute Gasteiger partial charge is 0.244 e. The van der Waals surface area contributed by atoms with Gasteiger partial charge in [0.1, 0.15) is 6.54 Å². The minimum Gasteiger partial charge on any atom is -0.329 e. The molecule has 4 nitrogen and oxygen atoms in total. The van der Waals surface area contributed by atoms with E-state index in [-0.39, 0.29) is 18.4 Å². The van der Waals surface area contributed by atoms with Crippen LogP contribution < -0.4 is 5.32 Å². The van der Waals surface area contributed by atoms with Crippen molar-refractivity contribution in [2.75, 3.05) is 11.9 Å². The Bertz CT molecular complexity index is 742. The topological polar surface area (TPSA) is 49.4 Å². The predicted molar refractivity (Wildman–Crippen MR) is 97.1 cm³/mol. The van der Waals surface area contributed by atoms with Crippen LogP contribution in [0.25, 0.3) is 0 Å². The molecule has 2 amide bonds.